The molecule has 0 spiro atoms. The van der Waals surface area contributed by atoms with Crippen molar-refractivity contribution in [1.82, 2.24) is 0 Å². The summed E-state index contributed by atoms with van der Waals surface area (Å²) >= 11 is 4.15. The third-order valence-corrected chi connectivity index (χ3v) is 3.74. The van der Waals surface area contributed by atoms with Gasteiger partial charge in [0.25, 0.3) is 0 Å². The molecule has 0 radical (unpaired) electrons. The Balaban J connectivity index is 2.05. The summed E-state index contributed by atoms with van der Waals surface area (Å²) < 4.78 is 5.25. The largest absolute Gasteiger partial charge is 0.481 e. The number of rotatable bonds is 3. The number of carbonyl (C=O) groups excluding carboxylic acids is 1. The van der Waals surface area contributed by atoms with E-state index in [0.29, 0.717) is 18.6 Å². The quantitative estimate of drug-likeness (QED) is 0.507. The van der Waals surface area contributed by atoms with E-state index in [0.717, 1.165) is 17.7 Å². The predicted octanol–water partition coefficient (Wildman–Crippen LogP) is 2.77. The molecule has 1 aliphatic carbocycles. The Labute approximate surface area is 117 Å². The van der Waals surface area contributed by atoms with Crippen LogP contribution in [0.15, 0.2) is 29.2 Å². The van der Waals surface area contributed by atoms with E-state index >= 15 is 0 Å². The third kappa shape index (κ3) is 3.50. The highest BCUT2D eigenvalue weighted by Crippen LogP contribution is 2.31. The van der Waals surface area contributed by atoms with Crippen molar-refractivity contribution in [3.05, 3.63) is 24.3 Å². The van der Waals surface area contributed by atoms with Gasteiger partial charge in [-0.05, 0) is 37.1 Å². The van der Waals surface area contributed by atoms with Crippen LogP contribution in [0, 0.1) is 11.8 Å². The fourth-order valence-corrected chi connectivity index (χ4v) is 2.56. The van der Waals surface area contributed by atoms with Crippen LogP contribution in [0.25, 0.3) is 0 Å². The van der Waals surface area contributed by atoms with Gasteiger partial charge in [0, 0.05) is 4.90 Å². The molecule has 1 aliphatic rings. The Bertz CT molecular complexity index is 469. The molecular formula is C14H16O4S. The second kappa shape index (κ2) is 6.10. The molecule has 0 bridgehead atoms. The molecule has 2 atom stereocenters. The lowest BCUT2D eigenvalue weighted by Gasteiger charge is -2.26. The average Bonchev–Trinajstić information content (AvgIpc) is 2.41. The maximum absolute atomic E-state index is 12.1. The number of carboxylic acid groups (broad SMARTS) is 1. The van der Waals surface area contributed by atoms with Crippen LogP contribution in [0.2, 0.25) is 0 Å². The lowest BCUT2D eigenvalue weighted by molar-refractivity contribution is -0.154. The molecule has 1 aromatic carbocycles. The summed E-state index contributed by atoms with van der Waals surface area (Å²) in [6.07, 6.45) is 2.86. The Morgan fingerprint density at radius 3 is 2.26 bits per heavy atom. The molecule has 1 N–H and O–H groups in total. The lowest BCUT2D eigenvalue weighted by atomic mass is 9.79. The Hall–Kier alpha value is -1.49. The molecule has 4 nitrogen and oxygen atoms in total. The molecule has 2 unspecified atom stereocenters. The minimum Gasteiger partial charge on any atom is -0.481 e. The number of hydrogen-bond donors (Lipinski definition) is 2. The smallest absolute Gasteiger partial charge is 0.315 e. The van der Waals surface area contributed by atoms with E-state index in [4.69, 9.17) is 9.84 Å². The molecule has 19 heavy (non-hydrogen) atoms. The number of aliphatic carboxylic acids is 1. The van der Waals surface area contributed by atoms with Crippen LogP contribution in [0.5, 0.6) is 5.75 Å². The van der Waals surface area contributed by atoms with Gasteiger partial charge in [0.05, 0.1) is 11.8 Å². The van der Waals surface area contributed by atoms with Gasteiger partial charge in [-0.15, -0.1) is 12.6 Å². The van der Waals surface area contributed by atoms with Gasteiger partial charge in [0.1, 0.15) is 5.75 Å². The Morgan fingerprint density at radius 1 is 1.11 bits per heavy atom. The van der Waals surface area contributed by atoms with Crippen LogP contribution in [0.3, 0.4) is 0 Å². The molecule has 1 fully saturated rings. The standard InChI is InChI=1S/C14H16O4S/c15-13(16)11-3-1-2-4-12(11)14(17)18-9-5-7-10(19)8-6-9/h5-8,11-12,19H,1-4H2,(H,15,16). The van der Waals surface area contributed by atoms with E-state index in [-0.39, 0.29) is 0 Å². The van der Waals surface area contributed by atoms with Crippen molar-refractivity contribution in [2.75, 3.05) is 0 Å². The van der Waals surface area contributed by atoms with Crippen LogP contribution in [-0.4, -0.2) is 17.0 Å². The summed E-state index contributed by atoms with van der Waals surface area (Å²) in [5.74, 6) is -2.09. The molecular weight excluding hydrogens is 264 g/mol. The van der Waals surface area contributed by atoms with Crippen molar-refractivity contribution >= 4 is 24.6 Å². The maximum Gasteiger partial charge on any atom is 0.315 e. The van der Waals surface area contributed by atoms with Gasteiger partial charge in [-0.1, -0.05) is 12.8 Å². The number of benzene rings is 1. The van der Waals surface area contributed by atoms with E-state index in [1.165, 1.54) is 0 Å². The fraction of sp³-hybridized carbons (Fsp3) is 0.429. The van der Waals surface area contributed by atoms with Gasteiger partial charge >= 0.3 is 11.9 Å². The second-order valence-corrected chi connectivity index (χ2v) is 5.27. The molecule has 0 amide bonds. The topological polar surface area (TPSA) is 63.6 Å². The van der Waals surface area contributed by atoms with Crippen LogP contribution >= 0.6 is 12.6 Å². The summed E-state index contributed by atoms with van der Waals surface area (Å²) in [5, 5.41) is 9.14. The number of ether oxygens (including phenoxy) is 1. The van der Waals surface area contributed by atoms with Crippen LogP contribution < -0.4 is 4.74 Å². The minimum absolute atomic E-state index is 0.428. The van der Waals surface area contributed by atoms with E-state index in [9.17, 15) is 9.59 Å². The molecule has 2 rings (SSSR count). The van der Waals surface area contributed by atoms with Crippen LogP contribution in [0.4, 0.5) is 0 Å². The third-order valence-electron chi connectivity index (χ3n) is 3.44. The van der Waals surface area contributed by atoms with Crippen molar-refractivity contribution in [3.63, 3.8) is 0 Å². The van der Waals surface area contributed by atoms with Gasteiger partial charge in [-0.3, -0.25) is 9.59 Å². The summed E-state index contributed by atoms with van der Waals surface area (Å²) in [4.78, 5) is 24.0. The number of thiol groups is 1. The van der Waals surface area contributed by atoms with Gasteiger partial charge < -0.3 is 9.84 Å². The second-order valence-electron chi connectivity index (χ2n) is 4.75. The SMILES string of the molecule is O=C(O)C1CCCCC1C(=O)Oc1ccc(S)cc1. The first-order chi connectivity index (χ1) is 9.08. The van der Waals surface area contributed by atoms with Gasteiger partial charge in [-0.25, -0.2) is 0 Å². The first-order valence-corrected chi connectivity index (χ1v) is 6.76. The monoisotopic (exact) mass is 280 g/mol. The van der Waals surface area contributed by atoms with Crippen LogP contribution in [-0.2, 0) is 9.59 Å². The Kier molecular flexibility index (Phi) is 4.47. The maximum atomic E-state index is 12.1. The molecule has 1 aromatic rings. The first-order valence-electron chi connectivity index (χ1n) is 6.31. The summed E-state index contributed by atoms with van der Waals surface area (Å²) in [7, 11) is 0. The molecule has 0 heterocycles. The molecule has 102 valence electrons. The number of carbonyl (C=O) groups is 2. The summed E-state index contributed by atoms with van der Waals surface area (Å²) in [6, 6.07) is 6.75. The summed E-state index contributed by atoms with van der Waals surface area (Å²) in [6.45, 7) is 0. The zero-order valence-electron chi connectivity index (χ0n) is 10.4. The number of carboxylic acids is 1. The molecule has 0 aliphatic heterocycles. The predicted molar refractivity (Wildman–Crippen MR) is 72.4 cm³/mol. The van der Waals surface area contributed by atoms with E-state index in [2.05, 4.69) is 12.6 Å². The first kappa shape index (κ1) is 13.9. The highest BCUT2D eigenvalue weighted by Gasteiger charge is 2.36. The lowest BCUT2D eigenvalue weighted by Crippen LogP contribution is -2.35. The van der Waals surface area contributed by atoms with Crippen molar-refractivity contribution in [3.8, 4) is 5.75 Å². The summed E-state index contributed by atoms with van der Waals surface area (Å²) in [5.41, 5.74) is 0. The zero-order chi connectivity index (χ0) is 13.8. The molecule has 1 saturated carbocycles. The van der Waals surface area contributed by atoms with Crippen LogP contribution in [0.1, 0.15) is 25.7 Å². The molecule has 5 heteroatoms. The molecule has 0 aromatic heterocycles. The van der Waals surface area contributed by atoms with E-state index < -0.39 is 23.8 Å². The number of hydrogen-bond acceptors (Lipinski definition) is 4. The van der Waals surface area contributed by atoms with E-state index in [1.807, 2.05) is 0 Å². The zero-order valence-corrected chi connectivity index (χ0v) is 11.3. The van der Waals surface area contributed by atoms with Crippen molar-refractivity contribution in [2.45, 2.75) is 30.6 Å². The van der Waals surface area contributed by atoms with Crippen molar-refractivity contribution in [2.24, 2.45) is 11.8 Å². The van der Waals surface area contributed by atoms with Gasteiger partial charge in [-0.2, -0.15) is 0 Å². The highest BCUT2D eigenvalue weighted by atomic mass is 32.1. The number of esters is 1. The Morgan fingerprint density at radius 2 is 1.68 bits per heavy atom. The van der Waals surface area contributed by atoms with Crippen molar-refractivity contribution in [1.29, 1.82) is 0 Å². The van der Waals surface area contributed by atoms with E-state index in [1.54, 1.807) is 24.3 Å². The van der Waals surface area contributed by atoms with Crippen molar-refractivity contribution < 1.29 is 19.4 Å². The van der Waals surface area contributed by atoms with Gasteiger partial charge in [0.15, 0.2) is 0 Å². The minimum atomic E-state index is -0.910. The normalized spacial score (nSPS) is 22.8. The highest BCUT2D eigenvalue weighted by molar-refractivity contribution is 7.80. The van der Waals surface area contributed by atoms with Gasteiger partial charge in [0.2, 0.25) is 0 Å². The fourth-order valence-electron chi connectivity index (χ4n) is 2.41. The average molecular weight is 280 g/mol. The molecule has 0 saturated heterocycles.